The SMILES string of the molecule is NC1(O)C=CN([C@@H]2O[C@H](COP(=O)(O)OP(=O)(O)OP(=O)(O)O)[C@@H](O)[C@H]2O)C(=O)N1. The molecule has 0 aromatic rings. The normalized spacial score (nSPS) is 36.3. The molecule has 0 bridgehead atoms. The molecule has 2 aliphatic rings. The molecule has 21 heteroatoms. The van der Waals surface area contributed by atoms with Crippen LogP contribution in [-0.2, 0) is 31.6 Å². The van der Waals surface area contributed by atoms with Crippen molar-refractivity contribution in [2.24, 2.45) is 5.73 Å². The number of aliphatic hydroxyl groups excluding tert-OH is 2. The van der Waals surface area contributed by atoms with Crippen LogP contribution in [0.5, 0.6) is 0 Å². The van der Waals surface area contributed by atoms with E-state index in [9.17, 15) is 38.7 Å². The predicted octanol–water partition coefficient (Wildman–Crippen LogP) is -3.08. The van der Waals surface area contributed by atoms with Gasteiger partial charge in [-0.2, -0.15) is 8.62 Å². The fraction of sp³-hybridized carbons (Fsp3) is 0.667. The topological polar surface area (TPSA) is 288 Å². The summed E-state index contributed by atoms with van der Waals surface area (Å²) in [7, 11) is -16.8. The molecule has 1 fully saturated rings. The van der Waals surface area contributed by atoms with Gasteiger partial charge in [0.05, 0.1) is 6.61 Å². The predicted molar refractivity (Wildman–Crippen MR) is 89.1 cm³/mol. The van der Waals surface area contributed by atoms with E-state index in [0.29, 0.717) is 4.90 Å². The molecule has 2 rings (SSSR count). The van der Waals surface area contributed by atoms with E-state index in [1.54, 1.807) is 0 Å². The third-order valence-electron chi connectivity index (χ3n) is 3.46. The Hall–Kier alpha value is -0.780. The number of ether oxygens (including phenoxy) is 1. The number of rotatable bonds is 8. The van der Waals surface area contributed by atoms with E-state index in [2.05, 4.69) is 13.1 Å². The van der Waals surface area contributed by atoms with Crippen molar-refractivity contribution >= 4 is 29.5 Å². The summed E-state index contributed by atoms with van der Waals surface area (Å²) >= 11 is 0. The van der Waals surface area contributed by atoms with E-state index in [1.165, 1.54) is 0 Å². The van der Waals surface area contributed by atoms with Gasteiger partial charge in [-0.1, -0.05) is 0 Å². The minimum absolute atomic E-state index is 0.694. The van der Waals surface area contributed by atoms with Crippen molar-refractivity contribution in [1.82, 2.24) is 10.2 Å². The van der Waals surface area contributed by atoms with Crippen LogP contribution in [-0.4, -0.2) is 82.8 Å². The number of hydrogen-bond donors (Lipinski definition) is 9. The molecular weight excluding hydrogens is 483 g/mol. The average Bonchev–Trinajstić information content (AvgIpc) is 2.77. The first-order valence-corrected chi connectivity index (χ1v) is 12.0. The van der Waals surface area contributed by atoms with Gasteiger partial charge in [0.15, 0.2) is 6.23 Å². The van der Waals surface area contributed by atoms with Gasteiger partial charge in [-0.05, 0) is 6.08 Å². The molecule has 0 aromatic heterocycles. The third kappa shape index (κ3) is 6.86. The lowest BCUT2D eigenvalue weighted by Gasteiger charge is -2.34. The van der Waals surface area contributed by atoms with E-state index in [1.807, 2.05) is 5.32 Å². The standard InChI is InChI=1S/C9H18N3O15P3/c10-9(16)1-2-12(8(15)11-9)7-6(14)5(13)4(25-7)3-24-29(20,21)27-30(22,23)26-28(17,18)19/h1-2,4-7,13-14,16H,3,10H2,(H,11,15)(H,20,21)(H,22,23)(H2,17,18,19)/t4-,5-,6-,7-,9?/m1/s1. The Morgan fingerprint density at radius 3 is 2.27 bits per heavy atom. The summed E-state index contributed by atoms with van der Waals surface area (Å²) in [6, 6.07) is -1.03. The number of nitrogens with one attached hydrogen (secondary N) is 1. The Balaban J connectivity index is 2.01. The Morgan fingerprint density at radius 1 is 1.13 bits per heavy atom. The number of urea groups is 1. The number of carbonyl (C=O) groups excluding carboxylic acids is 1. The van der Waals surface area contributed by atoms with E-state index in [4.69, 9.17) is 25.2 Å². The minimum atomic E-state index is -5.74. The van der Waals surface area contributed by atoms with Crippen LogP contribution in [0.15, 0.2) is 12.3 Å². The molecule has 0 saturated carbocycles. The molecule has 3 unspecified atom stereocenters. The summed E-state index contributed by atoms with van der Waals surface area (Å²) in [4.78, 5) is 47.9. The molecule has 0 spiro atoms. The zero-order valence-corrected chi connectivity index (χ0v) is 17.1. The third-order valence-corrected chi connectivity index (χ3v) is 7.26. The maximum atomic E-state index is 11.9. The van der Waals surface area contributed by atoms with Gasteiger partial charge in [-0.25, -0.2) is 18.5 Å². The second kappa shape index (κ2) is 8.63. The number of carbonyl (C=O) groups is 1. The van der Waals surface area contributed by atoms with Crippen molar-refractivity contribution in [3.63, 3.8) is 0 Å². The van der Waals surface area contributed by atoms with Crippen molar-refractivity contribution in [2.75, 3.05) is 6.61 Å². The minimum Gasteiger partial charge on any atom is -0.387 e. The number of aliphatic hydroxyl groups is 3. The zero-order chi connectivity index (χ0) is 23.1. The largest absolute Gasteiger partial charge is 0.490 e. The fourth-order valence-corrected chi connectivity index (χ4v) is 5.34. The smallest absolute Gasteiger partial charge is 0.387 e. The monoisotopic (exact) mass is 501 g/mol. The Bertz CT molecular complexity index is 842. The van der Waals surface area contributed by atoms with Crippen molar-refractivity contribution in [1.29, 1.82) is 0 Å². The van der Waals surface area contributed by atoms with Crippen LogP contribution >= 0.6 is 23.5 Å². The van der Waals surface area contributed by atoms with Gasteiger partial charge >= 0.3 is 29.5 Å². The summed E-state index contributed by atoms with van der Waals surface area (Å²) in [6.07, 6.45) is -4.89. The number of nitrogens with two attached hydrogens (primary N) is 1. The second-order valence-corrected chi connectivity index (χ2v) is 10.3. The van der Waals surface area contributed by atoms with Gasteiger partial charge in [-0.15, -0.1) is 0 Å². The molecule has 1 saturated heterocycles. The number of phosphoric acid groups is 3. The second-order valence-electron chi connectivity index (χ2n) is 5.91. The number of amides is 2. The molecule has 174 valence electrons. The fourth-order valence-electron chi connectivity index (χ4n) is 2.31. The van der Waals surface area contributed by atoms with Crippen molar-refractivity contribution in [3.05, 3.63) is 12.3 Å². The average molecular weight is 501 g/mol. The zero-order valence-electron chi connectivity index (χ0n) is 14.4. The van der Waals surface area contributed by atoms with E-state index >= 15 is 0 Å². The maximum absolute atomic E-state index is 11.9. The van der Waals surface area contributed by atoms with Gasteiger partial charge in [0.2, 0.25) is 5.85 Å². The lowest BCUT2D eigenvalue weighted by atomic mass is 10.1. The lowest BCUT2D eigenvalue weighted by molar-refractivity contribution is -0.0706. The van der Waals surface area contributed by atoms with Crippen LogP contribution in [0, 0.1) is 0 Å². The van der Waals surface area contributed by atoms with Gasteiger partial charge < -0.3 is 39.6 Å². The molecule has 2 heterocycles. The quantitative estimate of drug-likeness (QED) is 0.118. The molecule has 2 aliphatic heterocycles. The van der Waals surface area contributed by atoms with Crippen molar-refractivity contribution in [2.45, 2.75) is 30.4 Å². The molecule has 0 aromatic carbocycles. The summed E-state index contributed by atoms with van der Waals surface area (Å²) in [5, 5.41) is 31.4. The molecule has 2 amide bonds. The van der Waals surface area contributed by atoms with E-state index < -0.39 is 66.5 Å². The van der Waals surface area contributed by atoms with Crippen LogP contribution in [0.3, 0.4) is 0 Å². The van der Waals surface area contributed by atoms with Crippen LogP contribution in [0.4, 0.5) is 4.79 Å². The van der Waals surface area contributed by atoms with E-state index in [-0.39, 0.29) is 0 Å². The first-order chi connectivity index (χ1) is 13.4. The van der Waals surface area contributed by atoms with Crippen molar-refractivity contribution in [3.8, 4) is 0 Å². The van der Waals surface area contributed by atoms with E-state index in [0.717, 1.165) is 12.3 Å². The molecule has 7 atom stereocenters. The molecule has 18 nitrogen and oxygen atoms in total. The van der Waals surface area contributed by atoms with Crippen LogP contribution < -0.4 is 11.1 Å². The Kier molecular flexibility index (Phi) is 7.33. The molecule has 0 aliphatic carbocycles. The summed E-state index contributed by atoms with van der Waals surface area (Å²) in [6.45, 7) is -1.06. The summed E-state index contributed by atoms with van der Waals surface area (Å²) < 4.78 is 50.0. The Labute approximate surface area is 166 Å². The maximum Gasteiger partial charge on any atom is 0.490 e. The molecule has 30 heavy (non-hydrogen) atoms. The first kappa shape index (κ1) is 25.5. The highest BCUT2D eigenvalue weighted by Crippen LogP contribution is 2.66. The van der Waals surface area contributed by atoms with Crippen molar-refractivity contribution < 1.29 is 71.3 Å². The van der Waals surface area contributed by atoms with Gasteiger partial charge in [-0.3, -0.25) is 20.5 Å². The molecular formula is C9H18N3O15P3. The van der Waals surface area contributed by atoms with Gasteiger partial charge in [0.1, 0.15) is 18.3 Å². The highest BCUT2D eigenvalue weighted by Gasteiger charge is 2.49. The highest BCUT2D eigenvalue weighted by molar-refractivity contribution is 7.66. The number of hydrogen-bond acceptors (Lipinski definition) is 12. The number of phosphoric ester groups is 1. The lowest BCUT2D eigenvalue weighted by Crippen LogP contribution is -2.62. The van der Waals surface area contributed by atoms with Crippen LogP contribution in [0.25, 0.3) is 0 Å². The van der Waals surface area contributed by atoms with Gasteiger partial charge in [0.25, 0.3) is 0 Å². The van der Waals surface area contributed by atoms with Crippen LogP contribution in [0.2, 0.25) is 0 Å². The Morgan fingerprint density at radius 2 is 1.73 bits per heavy atom. The summed E-state index contributed by atoms with van der Waals surface area (Å²) in [5.41, 5.74) is 5.26. The molecule has 10 N–H and O–H groups in total. The van der Waals surface area contributed by atoms with Gasteiger partial charge in [0, 0.05) is 6.20 Å². The number of nitrogens with zero attached hydrogens (tertiary/aromatic N) is 1. The summed E-state index contributed by atoms with van der Waals surface area (Å²) in [5.74, 6) is -2.17. The molecule has 0 radical (unpaired) electrons. The van der Waals surface area contributed by atoms with Crippen LogP contribution in [0.1, 0.15) is 0 Å². The first-order valence-electron chi connectivity index (χ1n) is 7.52. The highest BCUT2D eigenvalue weighted by atomic mass is 31.3.